The molecule has 0 radical (unpaired) electrons. The van der Waals surface area contributed by atoms with Crippen LogP contribution in [0.5, 0.6) is 0 Å². The molecule has 1 atom stereocenters. The normalized spacial score (nSPS) is 27.0. The molecule has 0 aromatic heterocycles. The third-order valence-corrected chi connectivity index (χ3v) is 3.73. The zero-order valence-electron chi connectivity index (χ0n) is 9.29. The SMILES string of the molecule is CCC1CN(SC)CCN1C(C)C. The molecule has 1 heterocycles. The highest BCUT2D eigenvalue weighted by Gasteiger charge is 2.26. The molecule has 0 amide bonds. The second-order valence-corrected chi connectivity index (χ2v) is 4.85. The monoisotopic (exact) mass is 202 g/mol. The molecular formula is C10H22N2S. The van der Waals surface area contributed by atoms with Crippen LogP contribution in [0.25, 0.3) is 0 Å². The van der Waals surface area contributed by atoms with Crippen LogP contribution in [-0.4, -0.2) is 47.2 Å². The summed E-state index contributed by atoms with van der Waals surface area (Å²) in [4.78, 5) is 2.63. The van der Waals surface area contributed by atoms with Gasteiger partial charge in [-0.05, 0) is 26.5 Å². The van der Waals surface area contributed by atoms with E-state index < -0.39 is 0 Å². The predicted molar refractivity (Wildman–Crippen MR) is 61.0 cm³/mol. The Morgan fingerprint density at radius 2 is 2.08 bits per heavy atom. The first-order chi connectivity index (χ1) is 6.19. The summed E-state index contributed by atoms with van der Waals surface area (Å²) in [7, 11) is 0. The highest BCUT2D eigenvalue weighted by molar-refractivity contribution is 7.96. The zero-order valence-corrected chi connectivity index (χ0v) is 10.1. The average molecular weight is 202 g/mol. The molecular weight excluding hydrogens is 180 g/mol. The van der Waals surface area contributed by atoms with Crippen molar-refractivity contribution in [3.8, 4) is 0 Å². The maximum absolute atomic E-state index is 2.63. The Balaban J connectivity index is 2.50. The van der Waals surface area contributed by atoms with E-state index in [0.717, 1.165) is 6.04 Å². The fourth-order valence-electron chi connectivity index (χ4n) is 2.05. The summed E-state index contributed by atoms with van der Waals surface area (Å²) in [6, 6.07) is 1.47. The van der Waals surface area contributed by atoms with Crippen molar-refractivity contribution >= 4 is 11.9 Å². The molecule has 2 nitrogen and oxygen atoms in total. The highest BCUT2D eigenvalue weighted by atomic mass is 32.2. The minimum atomic E-state index is 0.703. The molecule has 3 heteroatoms. The Labute approximate surface area is 86.8 Å². The lowest BCUT2D eigenvalue weighted by Gasteiger charge is -2.42. The van der Waals surface area contributed by atoms with Gasteiger partial charge >= 0.3 is 0 Å². The maximum Gasteiger partial charge on any atom is 0.0246 e. The van der Waals surface area contributed by atoms with Crippen molar-refractivity contribution < 1.29 is 0 Å². The van der Waals surface area contributed by atoms with Crippen LogP contribution in [0.2, 0.25) is 0 Å². The van der Waals surface area contributed by atoms with Gasteiger partial charge in [0.25, 0.3) is 0 Å². The largest absolute Gasteiger partial charge is 0.295 e. The van der Waals surface area contributed by atoms with E-state index in [9.17, 15) is 0 Å². The molecule has 1 aliphatic heterocycles. The fraction of sp³-hybridized carbons (Fsp3) is 1.00. The molecule has 1 fully saturated rings. The second kappa shape index (κ2) is 5.23. The molecule has 1 unspecified atom stereocenters. The lowest BCUT2D eigenvalue weighted by atomic mass is 10.1. The molecule has 0 aromatic carbocycles. The van der Waals surface area contributed by atoms with Crippen LogP contribution in [0.1, 0.15) is 27.2 Å². The summed E-state index contributed by atoms with van der Waals surface area (Å²) >= 11 is 1.89. The Bertz CT molecular complexity index is 150. The van der Waals surface area contributed by atoms with Crippen LogP contribution >= 0.6 is 11.9 Å². The Morgan fingerprint density at radius 1 is 1.38 bits per heavy atom. The van der Waals surface area contributed by atoms with Gasteiger partial charge in [0.2, 0.25) is 0 Å². The van der Waals surface area contributed by atoms with Crippen molar-refractivity contribution in [2.45, 2.75) is 39.3 Å². The first-order valence-electron chi connectivity index (χ1n) is 5.23. The third-order valence-electron chi connectivity index (χ3n) is 2.88. The van der Waals surface area contributed by atoms with Gasteiger partial charge in [0.1, 0.15) is 0 Å². The van der Waals surface area contributed by atoms with E-state index in [2.05, 4.69) is 36.2 Å². The van der Waals surface area contributed by atoms with Crippen LogP contribution in [0.3, 0.4) is 0 Å². The van der Waals surface area contributed by atoms with Crippen molar-refractivity contribution in [3.05, 3.63) is 0 Å². The molecule has 1 aliphatic rings. The number of nitrogens with zero attached hydrogens (tertiary/aromatic N) is 2. The van der Waals surface area contributed by atoms with E-state index in [1.165, 1.54) is 26.1 Å². The molecule has 0 saturated carbocycles. The lowest BCUT2D eigenvalue weighted by molar-refractivity contribution is 0.0896. The molecule has 1 saturated heterocycles. The predicted octanol–water partition coefficient (Wildman–Crippen LogP) is 2.07. The van der Waals surface area contributed by atoms with Gasteiger partial charge in [-0.3, -0.25) is 4.90 Å². The van der Waals surface area contributed by atoms with Gasteiger partial charge < -0.3 is 0 Å². The maximum atomic E-state index is 2.63. The van der Waals surface area contributed by atoms with Crippen molar-refractivity contribution in [2.24, 2.45) is 0 Å². The van der Waals surface area contributed by atoms with Crippen molar-refractivity contribution in [1.82, 2.24) is 9.21 Å². The Hall–Kier alpha value is 0.270. The quantitative estimate of drug-likeness (QED) is 0.647. The summed E-state index contributed by atoms with van der Waals surface area (Å²) < 4.78 is 2.48. The zero-order chi connectivity index (χ0) is 9.84. The Kier molecular flexibility index (Phi) is 4.56. The Morgan fingerprint density at radius 3 is 2.54 bits per heavy atom. The molecule has 78 valence electrons. The van der Waals surface area contributed by atoms with Gasteiger partial charge in [-0.25, -0.2) is 4.31 Å². The van der Waals surface area contributed by atoms with E-state index in [-0.39, 0.29) is 0 Å². The third kappa shape index (κ3) is 2.86. The summed E-state index contributed by atoms with van der Waals surface area (Å²) in [6.45, 7) is 10.6. The van der Waals surface area contributed by atoms with Gasteiger partial charge in [0.15, 0.2) is 0 Å². The van der Waals surface area contributed by atoms with Crippen molar-refractivity contribution in [3.63, 3.8) is 0 Å². The van der Waals surface area contributed by atoms with Gasteiger partial charge in [-0.2, -0.15) is 0 Å². The van der Waals surface area contributed by atoms with Crippen LogP contribution < -0.4 is 0 Å². The summed E-state index contributed by atoms with van der Waals surface area (Å²) in [5.74, 6) is 0. The minimum Gasteiger partial charge on any atom is -0.295 e. The highest BCUT2D eigenvalue weighted by Crippen LogP contribution is 2.19. The molecule has 13 heavy (non-hydrogen) atoms. The number of piperazine rings is 1. The molecule has 0 aliphatic carbocycles. The van der Waals surface area contributed by atoms with E-state index in [1.54, 1.807) is 0 Å². The van der Waals surface area contributed by atoms with Crippen molar-refractivity contribution in [1.29, 1.82) is 0 Å². The second-order valence-electron chi connectivity index (χ2n) is 3.96. The fourth-order valence-corrected chi connectivity index (χ4v) is 2.64. The molecule has 0 spiro atoms. The van der Waals surface area contributed by atoms with E-state index >= 15 is 0 Å². The minimum absolute atomic E-state index is 0.703. The van der Waals surface area contributed by atoms with Gasteiger partial charge in [-0.15, -0.1) is 0 Å². The smallest absolute Gasteiger partial charge is 0.0246 e. The van der Waals surface area contributed by atoms with Crippen LogP contribution in [0, 0.1) is 0 Å². The van der Waals surface area contributed by atoms with Crippen LogP contribution in [-0.2, 0) is 0 Å². The van der Waals surface area contributed by atoms with Crippen molar-refractivity contribution in [2.75, 3.05) is 25.9 Å². The number of hydrogen-bond acceptors (Lipinski definition) is 3. The van der Waals surface area contributed by atoms with E-state index in [1.807, 2.05) is 11.9 Å². The lowest BCUT2D eigenvalue weighted by Crippen LogP contribution is -2.53. The van der Waals surface area contributed by atoms with Crippen LogP contribution in [0.15, 0.2) is 0 Å². The standard InChI is InChI=1S/C10H22N2S/c1-5-10-8-11(13-4)6-7-12(10)9(2)3/h9-10H,5-8H2,1-4H3. The summed E-state index contributed by atoms with van der Waals surface area (Å²) in [5, 5.41) is 0. The average Bonchev–Trinajstić information content (AvgIpc) is 2.16. The number of rotatable bonds is 3. The number of hydrogen-bond donors (Lipinski definition) is 0. The molecule has 0 aromatic rings. The van der Waals surface area contributed by atoms with Crippen LogP contribution in [0.4, 0.5) is 0 Å². The topological polar surface area (TPSA) is 6.48 Å². The van der Waals surface area contributed by atoms with Gasteiger partial charge in [0.05, 0.1) is 0 Å². The van der Waals surface area contributed by atoms with Gasteiger partial charge in [-0.1, -0.05) is 18.9 Å². The molecule has 0 bridgehead atoms. The first-order valence-corrected chi connectivity index (χ1v) is 6.42. The first kappa shape index (κ1) is 11.3. The summed E-state index contributed by atoms with van der Waals surface area (Å²) in [6.07, 6.45) is 3.45. The van der Waals surface area contributed by atoms with Gasteiger partial charge in [0, 0.05) is 31.7 Å². The van der Waals surface area contributed by atoms with E-state index in [0.29, 0.717) is 6.04 Å². The molecule has 1 rings (SSSR count). The van der Waals surface area contributed by atoms with E-state index in [4.69, 9.17) is 0 Å². The molecule has 0 N–H and O–H groups in total. The summed E-state index contributed by atoms with van der Waals surface area (Å²) in [5.41, 5.74) is 0.